The van der Waals surface area contributed by atoms with Crippen molar-refractivity contribution in [2.75, 3.05) is 13.1 Å². The van der Waals surface area contributed by atoms with Crippen LogP contribution in [0.2, 0.25) is 0 Å². The molecule has 0 saturated carbocycles. The van der Waals surface area contributed by atoms with E-state index in [1.807, 2.05) is 12.1 Å². The van der Waals surface area contributed by atoms with E-state index in [1.54, 1.807) is 25.4 Å². The van der Waals surface area contributed by atoms with Crippen LogP contribution in [0.3, 0.4) is 0 Å². The number of rotatable bonds is 4. The SMILES string of the molecule is Cn1cc(C(=O)NC2CCN(Cc3ccccc3F)CC2)ccc1=O. The predicted molar refractivity (Wildman–Crippen MR) is 93.8 cm³/mol. The zero-order valence-electron chi connectivity index (χ0n) is 14.2. The molecule has 1 aliphatic heterocycles. The van der Waals surface area contributed by atoms with Gasteiger partial charge in [0, 0.05) is 50.6 Å². The first-order chi connectivity index (χ1) is 12.0. The monoisotopic (exact) mass is 343 g/mol. The number of hydrogen-bond donors (Lipinski definition) is 1. The van der Waals surface area contributed by atoms with Crippen LogP contribution in [0.1, 0.15) is 28.8 Å². The molecule has 25 heavy (non-hydrogen) atoms. The molecule has 6 heteroatoms. The van der Waals surface area contributed by atoms with Gasteiger partial charge in [-0.15, -0.1) is 0 Å². The van der Waals surface area contributed by atoms with Crippen LogP contribution >= 0.6 is 0 Å². The molecule has 1 amide bonds. The number of amides is 1. The number of nitrogens with zero attached hydrogens (tertiary/aromatic N) is 2. The molecule has 0 atom stereocenters. The van der Waals surface area contributed by atoms with E-state index in [0.717, 1.165) is 25.9 Å². The Balaban J connectivity index is 1.52. The van der Waals surface area contributed by atoms with Crippen molar-refractivity contribution >= 4 is 5.91 Å². The Morgan fingerprint density at radius 3 is 2.60 bits per heavy atom. The Hall–Kier alpha value is -2.47. The molecule has 2 aromatic rings. The van der Waals surface area contributed by atoms with Gasteiger partial charge >= 0.3 is 0 Å². The standard InChI is InChI=1S/C19H22FN3O2/c1-22-12-15(6-7-18(22)24)19(25)21-16-8-10-23(11-9-16)13-14-4-2-3-5-17(14)20/h2-7,12,16H,8-11,13H2,1H3,(H,21,25). The number of likely N-dealkylation sites (tertiary alicyclic amines) is 1. The molecule has 132 valence electrons. The van der Waals surface area contributed by atoms with E-state index in [9.17, 15) is 14.0 Å². The molecule has 1 saturated heterocycles. The summed E-state index contributed by atoms with van der Waals surface area (Å²) < 4.78 is 15.1. The first-order valence-corrected chi connectivity index (χ1v) is 8.46. The molecule has 1 aliphatic rings. The first-order valence-electron chi connectivity index (χ1n) is 8.46. The van der Waals surface area contributed by atoms with E-state index in [0.29, 0.717) is 17.7 Å². The van der Waals surface area contributed by atoms with Crippen molar-refractivity contribution in [1.82, 2.24) is 14.8 Å². The van der Waals surface area contributed by atoms with Crippen LogP contribution in [0.4, 0.5) is 4.39 Å². The third-order valence-electron chi connectivity index (χ3n) is 4.62. The number of carbonyl (C=O) groups is 1. The highest BCUT2D eigenvalue weighted by Gasteiger charge is 2.22. The molecular formula is C19H22FN3O2. The number of nitrogens with one attached hydrogen (secondary N) is 1. The summed E-state index contributed by atoms with van der Waals surface area (Å²) in [5, 5.41) is 3.02. The van der Waals surface area contributed by atoms with E-state index >= 15 is 0 Å². The molecule has 3 rings (SSSR count). The van der Waals surface area contributed by atoms with Crippen LogP contribution in [-0.2, 0) is 13.6 Å². The summed E-state index contributed by atoms with van der Waals surface area (Å²) >= 11 is 0. The minimum Gasteiger partial charge on any atom is -0.349 e. The molecule has 1 fully saturated rings. The fraction of sp³-hybridized carbons (Fsp3) is 0.368. The average molecular weight is 343 g/mol. The van der Waals surface area contributed by atoms with Crippen LogP contribution < -0.4 is 10.9 Å². The lowest BCUT2D eigenvalue weighted by molar-refractivity contribution is 0.0908. The third kappa shape index (κ3) is 4.33. The van der Waals surface area contributed by atoms with Crippen molar-refractivity contribution < 1.29 is 9.18 Å². The summed E-state index contributed by atoms with van der Waals surface area (Å²) in [5.74, 6) is -0.337. The molecule has 0 spiro atoms. The minimum atomic E-state index is -0.174. The summed E-state index contributed by atoms with van der Waals surface area (Å²) in [6.45, 7) is 2.22. The molecule has 0 bridgehead atoms. The number of hydrogen-bond acceptors (Lipinski definition) is 3. The molecule has 2 heterocycles. The molecular weight excluding hydrogens is 321 g/mol. The highest BCUT2D eigenvalue weighted by atomic mass is 19.1. The molecule has 0 aliphatic carbocycles. The molecule has 1 N–H and O–H groups in total. The van der Waals surface area contributed by atoms with Crippen molar-refractivity contribution in [2.24, 2.45) is 7.05 Å². The Bertz CT molecular complexity index is 810. The van der Waals surface area contributed by atoms with E-state index in [2.05, 4.69) is 10.2 Å². The second-order valence-corrected chi connectivity index (χ2v) is 6.48. The lowest BCUT2D eigenvalue weighted by Gasteiger charge is -2.32. The van der Waals surface area contributed by atoms with Crippen molar-refractivity contribution in [3.05, 3.63) is 69.9 Å². The van der Waals surface area contributed by atoms with E-state index in [4.69, 9.17) is 0 Å². The van der Waals surface area contributed by atoms with Gasteiger partial charge in [-0.25, -0.2) is 4.39 Å². The molecule has 1 aromatic carbocycles. The second-order valence-electron chi connectivity index (χ2n) is 6.48. The third-order valence-corrected chi connectivity index (χ3v) is 4.62. The van der Waals surface area contributed by atoms with Crippen LogP contribution in [-0.4, -0.2) is 34.5 Å². The van der Waals surface area contributed by atoms with Gasteiger partial charge in [-0.2, -0.15) is 0 Å². The lowest BCUT2D eigenvalue weighted by atomic mass is 10.0. The van der Waals surface area contributed by atoms with Gasteiger partial charge in [-0.3, -0.25) is 14.5 Å². The molecule has 1 aromatic heterocycles. The molecule has 0 unspecified atom stereocenters. The second kappa shape index (κ2) is 7.61. The molecule has 0 radical (unpaired) electrons. The summed E-state index contributed by atoms with van der Waals surface area (Å²) in [4.78, 5) is 25.9. The van der Waals surface area contributed by atoms with E-state index in [-0.39, 0.29) is 23.3 Å². The summed E-state index contributed by atoms with van der Waals surface area (Å²) in [6.07, 6.45) is 3.20. The Kier molecular flexibility index (Phi) is 5.28. The number of aromatic nitrogens is 1. The maximum Gasteiger partial charge on any atom is 0.252 e. The van der Waals surface area contributed by atoms with Gasteiger partial charge in [0.2, 0.25) is 5.56 Å². The largest absolute Gasteiger partial charge is 0.349 e. The van der Waals surface area contributed by atoms with Gasteiger partial charge in [-0.1, -0.05) is 18.2 Å². The first kappa shape index (κ1) is 17.4. The van der Waals surface area contributed by atoms with Gasteiger partial charge in [0.1, 0.15) is 5.82 Å². The quantitative estimate of drug-likeness (QED) is 0.923. The average Bonchev–Trinajstić information content (AvgIpc) is 2.61. The van der Waals surface area contributed by atoms with Crippen LogP contribution in [0.15, 0.2) is 47.4 Å². The van der Waals surface area contributed by atoms with Crippen molar-refractivity contribution in [3.63, 3.8) is 0 Å². The predicted octanol–water partition coefficient (Wildman–Crippen LogP) is 1.92. The smallest absolute Gasteiger partial charge is 0.252 e. The maximum atomic E-state index is 13.7. The van der Waals surface area contributed by atoms with Crippen LogP contribution in [0.5, 0.6) is 0 Å². The summed E-state index contributed by atoms with van der Waals surface area (Å²) in [5.41, 5.74) is 1.05. The zero-order valence-corrected chi connectivity index (χ0v) is 14.2. The van der Waals surface area contributed by atoms with Crippen LogP contribution in [0.25, 0.3) is 0 Å². The van der Waals surface area contributed by atoms with Gasteiger partial charge in [-0.05, 0) is 25.0 Å². The van der Waals surface area contributed by atoms with E-state index in [1.165, 1.54) is 16.7 Å². The lowest BCUT2D eigenvalue weighted by Crippen LogP contribution is -2.44. The van der Waals surface area contributed by atoms with Crippen molar-refractivity contribution in [3.8, 4) is 0 Å². The number of aryl methyl sites for hydroxylation is 1. The van der Waals surface area contributed by atoms with Crippen LogP contribution in [0, 0.1) is 5.82 Å². The number of halogens is 1. The Morgan fingerprint density at radius 2 is 1.92 bits per heavy atom. The van der Waals surface area contributed by atoms with E-state index < -0.39 is 0 Å². The summed E-state index contributed by atoms with van der Waals surface area (Å²) in [7, 11) is 1.63. The number of benzene rings is 1. The fourth-order valence-electron chi connectivity index (χ4n) is 3.10. The number of carbonyl (C=O) groups excluding carboxylic acids is 1. The number of pyridine rings is 1. The van der Waals surface area contributed by atoms with Gasteiger partial charge < -0.3 is 9.88 Å². The zero-order chi connectivity index (χ0) is 17.8. The highest BCUT2D eigenvalue weighted by molar-refractivity contribution is 5.94. The fourth-order valence-corrected chi connectivity index (χ4v) is 3.10. The highest BCUT2D eigenvalue weighted by Crippen LogP contribution is 2.16. The van der Waals surface area contributed by atoms with Crippen molar-refractivity contribution in [2.45, 2.75) is 25.4 Å². The Labute approximate surface area is 146 Å². The van der Waals surface area contributed by atoms with Crippen molar-refractivity contribution in [1.29, 1.82) is 0 Å². The van der Waals surface area contributed by atoms with Gasteiger partial charge in [0.25, 0.3) is 5.91 Å². The Morgan fingerprint density at radius 1 is 1.20 bits per heavy atom. The normalized spacial score (nSPS) is 15.9. The van der Waals surface area contributed by atoms with Gasteiger partial charge in [0.15, 0.2) is 0 Å². The maximum absolute atomic E-state index is 13.7. The van der Waals surface area contributed by atoms with Gasteiger partial charge in [0.05, 0.1) is 5.56 Å². The topological polar surface area (TPSA) is 54.3 Å². The minimum absolute atomic E-state index is 0.0987. The number of piperidine rings is 1. The molecule has 5 nitrogen and oxygen atoms in total. The summed E-state index contributed by atoms with van der Waals surface area (Å²) in [6, 6.07) is 9.87.